The van der Waals surface area contributed by atoms with Crippen molar-refractivity contribution >= 4 is 11.7 Å². The minimum Gasteiger partial charge on any atom is -0.481 e. The van der Waals surface area contributed by atoms with E-state index in [1.165, 1.54) is 24.3 Å². The third-order valence-corrected chi connectivity index (χ3v) is 2.00. The van der Waals surface area contributed by atoms with Crippen LogP contribution < -0.4 is 5.73 Å². The van der Waals surface area contributed by atoms with Crippen LogP contribution in [-0.2, 0) is 4.79 Å². The minimum absolute atomic E-state index is 0.00926. The number of halogens is 2. The molecule has 3 N–H and O–H groups in total. The molecule has 0 heterocycles. The topological polar surface area (TPSA) is 63.3 Å². The van der Waals surface area contributed by atoms with E-state index in [9.17, 15) is 13.6 Å². The normalized spacial score (nSPS) is 13.5. The molecule has 0 fully saturated rings. The summed E-state index contributed by atoms with van der Waals surface area (Å²) in [5.41, 5.74) is 5.68. The highest BCUT2D eigenvalue weighted by Gasteiger charge is 2.41. The number of carboxylic acids is 1. The third-order valence-electron chi connectivity index (χ3n) is 2.00. The molecule has 1 atom stereocenters. The second-order valence-electron chi connectivity index (χ2n) is 3.40. The number of hydrogen-bond donors (Lipinski definition) is 2. The Hall–Kier alpha value is -1.65. The number of aliphatic carboxylic acids is 1. The highest BCUT2D eigenvalue weighted by molar-refractivity contribution is 5.77. The Kier molecular flexibility index (Phi) is 2.93. The van der Waals surface area contributed by atoms with Crippen LogP contribution in [0.5, 0.6) is 0 Å². The average Bonchev–Trinajstić information content (AvgIpc) is 1.99. The van der Waals surface area contributed by atoms with Crippen LogP contribution in [-0.4, -0.2) is 17.0 Å². The maximum absolute atomic E-state index is 13.0. The standard InChI is InChI=1S/C10H11F2NO2/c1-10(11,12)8(9(14)15)6-3-2-4-7(13)5-6/h2-5,8H,13H2,1H3,(H,14,15). The number of nitrogen functional groups attached to an aromatic ring is 1. The SMILES string of the molecule is CC(F)(F)C(C(=O)O)c1cccc(N)c1. The van der Waals surface area contributed by atoms with E-state index >= 15 is 0 Å². The molecule has 0 aliphatic heterocycles. The molecule has 0 saturated carbocycles. The molecule has 1 rings (SSSR count). The zero-order chi connectivity index (χ0) is 11.6. The monoisotopic (exact) mass is 215 g/mol. The molecule has 15 heavy (non-hydrogen) atoms. The van der Waals surface area contributed by atoms with Crippen molar-refractivity contribution in [2.24, 2.45) is 0 Å². The molecule has 0 bridgehead atoms. The van der Waals surface area contributed by atoms with Gasteiger partial charge in [0, 0.05) is 12.6 Å². The van der Waals surface area contributed by atoms with E-state index in [0.717, 1.165) is 0 Å². The van der Waals surface area contributed by atoms with Gasteiger partial charge in [0.2, 0.25) is 0 Å². The van der Waals surface area contributed by atoms with Crippen LogP contribution in [0, 0.1) is 0 Å². The number of hydrogen-bond acceptors (Lipinski definition) is 2. The van der Waals surface area contributed by atoms with Crippen LogP contribution in [0.3, 0.4) is 0 Å². The van der Waals surface area contributed by atoms with Gasteiger partial charge < -0.3 is 10.8 Å². The van der Waals surface area contributed by atoms with Crippen molar-refractivity contribution in [1.82, 2.24) is 0 Å². The van der Waals surface area contributed by atoms with Crippen molar-refractivity contribution in [2.45, 2.75) is 18.8 Å². The molecule has 82 valence electrons. The van der Waals surface area contributed by atoms with Gasteiger partial charge in [-0.25, -0.2) is 8.78 Å². The molecule has 0 aliphatic carbocycles. The lowest BCUT2D eigenvalue weighted by atomic mass is 9.93. The van der Waals surface area contributed by atoms with Gasteiger partial charge in [-0.3, -0.25) is 4.79 Å². The summed E-state index contributed by atoms with van der Waals surface area (Å²) in [4.78, 5) is 10.7. The molecular weight excluding hydrogens is 204 g/mol. The van der Waals surface area contributed by atoms with E-state index in [4.69, 9.17) is 10.8 Å². The summed E-state index contributed by atoms with van der Waals surface area (Å²) in [5.74, 6) is -6.74. The van der Waals surface area contributed by atoms with Gasteiger partial charge in [0.05, 0.1) is 0 Å². The van der Waals surface area contributed by atoms with Gasteiger partial charge in [-0.05, 0) is 17.7 Å². The van der Waals surface area contributed by atoms with E-state index < -0.39 is 17.8 Å². The Morgan fingerprint density at radius 2 is 2.13 bits per heavy atom. The zero-order valence-corrected chi connectivity index (χ0v) is 8.08. The molecule has 1 unspecified atom stereocenters. The molecule has 1 aromatic rings. The summed E-state index contributed by atoms with van der Waals surface area (Å²) in [6.45, 7) is 0.578. The van der Waals surface area contributed by atoms with Crippen molar-refractivity contribution in [1.29, 1.82) is 0 Å². The Labute approximate surface area is 85.5 Å². The number of carbonyl (C=O) groups is 1. The second-order valence-corrected chi connectivity index (χ2v) is 3.40. The van der Waals surface area contributed by atoms with Gasteiger partial charge in [-0.1, -0.05) is 12.1 Å². The smallest absolute Gasteiger partial charge is 0.317 e. The van der Waals surface area contributed by atoms with Crippen molar-refractivity contribution in [3.05, 3.63) is 29.8 Å². The summed E-state index contributed by atoms with van der Waals surface area (Å²) in [6, 6.07) is 5.53. The lowest BCUT2D eigenvalue weighted by Gasteiger charge is -2.19. The number of carboxylic acid groups (broad SMARTS) is 1. The van der Waals surface area contributed by atoms with Crippen LogP contribution in [0.2, 0.25) is 0 Å². The van der Waals surface area contributed by atoms with Gasteiger partial charge >= 0.3 is 5.97 Å². The molecule has 0 spiro atoms. The van der Waals surface area contributed by atoms with E-state index in [0.29, 0.717) is 6.92 Å². The Morgan fingerprint density at radius 3 is 2.53 bits per heavy atom. The highest BCUT2D eigenvalue weighted by Crippen LogP contribution is 2.33. The summed E-state index contributed by atoms with van der Waals surface area (Å²) in [6.07, 6.45) is 0. The quantitative estimate of drug-likeness (QED) is 0.759. The first-order valence-corrected chi connectivity index (χ1v) is 4.28. The molecule has 0 amide bonds. The second kappa shape index (κ2) is 3.84. The fourth-order valence-electron chi connectivity index (χ4n) is 1.39. The Bertz CT molecular complexity index is 374. The lowest BCUT2D eigenvalue weighted by Crippen LogP contribution is -2.29. The number of rotatable bonds is 3. The fraction of sp³-hybridized carbons (Fsp3) is 0.300. The van der Waals surface area contributed by atoms with Gasteiger partial charge in [0.25, 0.3) is 5.92 Å². The molecule has 3 nitrogen and oxygen atoms in total. The number of nitrogens with two attached hydrogens (primary N) is 1. The first kappa shape index (κ1) is 11.4. The van der Waals surface area contributed by atoms with Crippen molar-refractivity contribution in [3.63, 3.8) is 0 Å². The Morgan fingerprint density at radius 1 is 1.53 bits per heavy atom. The van der Waals surface area contributed by atoms with E-state index in [2.05, 4.69) is 0 Å². The number of anilines is 1. The first-order valence-electron chi connectivity index (χ1n) is 4.28. The van der Waals surface area contributed by atoms with Crippen molar-refractivity contribution in [2.75, 3.05) is 5.73 Å². The van der Waals surface area contributed by atoms with Gasteiger partial charge in [-0.2, -0.15) is 0 Å². The van der Waals surface area contributed by atoms with E-state index in [1.54, 1.807) is 0 Å². The summed E-state index contributed by atoms with van der Waals surface area (Å²) in [7, 11) is 0. The predicted octanol–water partition coefficient (Wildman–Crippen LogP) is 2.09. The number of benzene rings is 1. The van der Waals surface area contributed by atoms with Crippen LogP contribution in [0.1, 0.15) is 18.4 Å². The average molecular weight is 215 g/mol. The third kappa shape index (κ3) is 2.65. The predicted molar refractivity (Wildman–Crippen MR) is 51.9 cm³/mol. The molecule has 0 radical (unpaired) electrons. The summed E-state index contributed by atoms with van der Waals surface area (Å²) in [5, 5.41) is 8.73. The largest absolute Gasteiger partial charge is 0.481 e. The number of alkyl halides is 2. The zero-order valence-electron chi connectivity index (χ0n) is 8.08. The van der Waals surface area contributed by atoms with Crippen LogP contribution >= 0.6 is 0 Å². The molecule has 0 aromatic heterocycles. The molecule has 0 saturated heterocycles. The van der Waals surface area contributed by atoms with Crippen molar-refractivity contribution in [3.8, 4) is 0 Å². The fourth-order valence-corrected chi connectivity index (χ4v) is 1.39. The van der Waals surface area contributed by atoms with Crippen LogP contribution in [0.15, 0.2) is 24.3 Å². The summed E-state index contributed by atoms with van der Waals surface area (Å²) >= 11 is 0. The van der Waals surface area contributed by atoms with E-state index in [-0.39, 0.29) is 11.3 Å². The van der Waals surface area contributed by atoms with Gasteiger partial charge in [0.15, 0.2) is 0 Å². The maximum atomic E-state index is 13.0. The van der Waals surface area contributed by atoms with Gasteiger partial charge in [-0.15, -0.1) is 0 Å². The van der Waals surface area contributed by atoms with Crippen LogP contribution in [0.25, 0.3) is 0 Å². The Balaban J connectivity index is 3.16. The maximum Gasteiger partial charge on any atom is 0.317 e. The molecular formula is C10H11F2NO2. The highest BCUT2D eigenvalue weighted by atomic mass is 19.3. The molecule has 5 heteroatoms. The van der Waals surface area contributed by atoms with Gasteiger partial charge in [0.1, 0.15) is 5.92 Å². The molecule has 1 aromatic carbocycles. The molecule has 0 aliphatic rings. The van der Waals surface area contributed by atoms with Crippen LogP contribution in [0.4, 0.5) is 14.5 Å². The summed E-state index contributed by atoms with van der Waals surface area (Å²) < 4.78 is 26.1. The first-order chi connectivity index (χ1) is 6.82. The van der Waals surface area contributed by atoms with E-state index in [1.807, 2.05) is 0 Å². The lowest BCUT2D eigenvalue weighted by molar-refractivity contribution is -0.147. The van der Waals surface area contributed by atoms with Crippen molar-refractivity contribution < 1.29 is 18.7 Å². The minimum atomic E-state index is -3.32.